The van der Waals surface area contributed by atoms with Gasteiger partial charge in [-0.25, -0.2) is 4.98 Å². The molecule has 0 saturated carbocycles. The summed E-state index contributed by atoms with van der Waals surface area (Å²) >= 11 is 0. The molecule has 0 unspecified atom stereocenters. The molecule has 23 heavy (non-hydrogen) atoms. The van der Waals surface area contributed by atoms with Crippen molar-refractivity contribution in [2.45, 2.75) is 19.5 Å². The Morgan fingerprint density at radius 1 is 1.13 bits per heavy atom. The van der Waals surface area contributed by atoms with E-state index in [0.29, 0.717) is 18.7 Å². The fourth-order valence-electron chi connectivity index (χ4n) is 2.17. The molecule has 0 atom stereocenters. The van der Waals surface area contributed by atoms with Gasteiger partial charge in [-0.2, -0.15) is 0 Å². The van der Waals surface area contributed by atoms with Gasteiger partial charge in [0.05, 0.1) is 0 Å². The summed E-state index contributed by atoms with van der Waals surface area (Å²) in [6.07, 6.45) is -2.96. The van der Waals surface area contributed by atoms with E-state index in [1.165, 1.54) is 18.2 Å². The zero-order valence-corrected chi connectivity index (χ0v) is 12.9. The zero-order valence-electron chi connectivity index (χ0n) is 12.9. The van der Waals surface area contributed by atoms with Crippen molar-refractivity contribution in [2.24, 2.45) is 0 Å². The third kappa shape index (κ3) is 5.45. The normalized spacial score (nSPS) is 11.3. The Hall–Kier alpha value is -2.28. The van der Waals surface area contributed by atoms with Gasteiger partial charge >= 0.3 is 6.36 Å². The standard InChI is InChI=1S/C16H18F3N3O/c1-22(2)15-13(6-4-8-21-15)11-20-10-12-5-3-7-14(9-12)23-16(17,18)19/h3-9,20H,10-11H2,1-2H3. The Labute approximate surface area is 132 Å². The quantitative estimate of drug-likeness (QED) is 0.884. The van der Waals surface area contributed by atoms with E-state index in [9.17, 15) is 13.2 Å². The molecule has 1 N–H and O–H groups in total. The molecule has 0 fully saturated rings. The van der Waals surface area contributed by atoms with Gasteiger partial charge in [0.15, 0.2) is 0 Å². The number of nitrogens with one attached hydrogen (secondary N) is 1. The van der Waals surface area contributed by atoms with E-state index in [-0.39, 0.29) is 5.75 Å². The number of hydrogen-bond donors (Lipinski definition) is 1. The van der Waals surface area contributed by atoms with Crippen LogP contribution in [0.4, 0.5) is 19.0 Å². The minimum Gasteiger partial charge on any atom is -0.406 e. The van der Waals surface area contributed by atoms with Crippen molar-refractivity contribution in [3.05, 3.63) is 53.7 Å². The first-order valence-electron chi connectivity index (χ1n) is 7.02. The Bertz CT molecular complexity index is 644. The molecule has 1 aromatic carbocycles. The van der Waals surface area contributed by atoms with E-state index >= 15 is 0 Å². The van der Waals surface area contributed by atoms with Crippen molar-refractivity contribution in [1.82, 2.24) is 10.3 Å². The van der Waals surface area contributed by atoms with Crippen LogP contribution in [0.2, 0.25) is 0 Å². The number of ether oxygens (including phenoxy) is 1. The lowest BCUT2D eigenvalue weighted by Crippen LogP contribution is -2.19. The Kier molecular flexibility index (Phi) is 5.44. The van der Waals surface area contributed by atoms with Crippen LogP contribution >= 0.6 is 0 Å². The molecule has 0 aliphatic heterocycles. The third-order valence-electron chi connectivity index (χ3n) is 3.07. The first-order valence-corrected chi connectivity index (χ1v) is 7.02. The number of hydrogen-bond acceptors (Lipinski definition) is 4. The van der Waals surface area contributed by atoms with Gasteiger partial charge < -0.3 is 15.0 Å². The van der Waals surface area contributed by atoms with E-state index in [4.69, 9.17) is 0 Å². The van der Waals surface area contributed by atoms with Crippen LogP contribution in [-0.4, -0.2) is 25.4 Å². The fourth-order valence-corrected chi connectivity index (χ4v) is 2.17. The lowest BCUT2D eigenvalue weighted by Gasteiger charge is -2.16. The second-order valence-electron chi connectivity index (χ2n) is 5.18. The molecule has 0 radical (unpaired) electrons. The van der Waals surface area contributed by atoms with E-state index in [1.807, 2.05) is 31.1 Å². The summed E-state index contributed by atoms with van der Waals surface area (Å²) in [6, 6.07) is 9.74. The van der Waals surface area contributed by atoms with Crippen molar-refractivity contribution < 1.29 is 17.9 Å². The average Bonchev–Trinajstić information content (AvgIpc) is 2.46. The highest BCUT2D eigenvalue weighted by Crippen LogP contribution is 2.23. The van der Waals surface area contributed by atoms with E-state index in [2.05, 4.69) is 15.0 Å². The van der Waals surface area contributed by atoms with Gasteiger partial charge in [-0.1, -0.05) is 18.2 Å². The van der Waals surface area contributed by atoms with Crippen LogP contribution < -0.4 is 15.0 Å². The smallest absolute Gasteiger partial charge is 0.406 e. The Morgan fingerprint density at radius 3 is 2.61 bits per heavy atom. The molecule has 2 aromatic rings. The van der Waals surface area contributed by atoms with Crippen LogP contribution in [0.25, 0.3) is 0 Å². The fraction of sp³-hybridized carbons (Fsp3) is 0.312. The van der Waals surface area contributed by atoms with Crippen molar-refractivity contribution >= 4 is 5.82 Å². The van der Waals surface area contributed by atoms with Gasteiger partial charge in [-0.3, -0.25) is 0 Å². The van der Waals surface area contributed by atoms with Crippen molar-refractivity contribution in [3.8, 4) is 5.75 Å². The average molecular weight is 325 g/mol. The summed E-state index contributed by atoms with van der Waals surface area (Å²) in [5.41, 5.74) is 1.72. The summed E-state index contributed by atoms with van der Waals surface area (Å²) in [4.78, 5) is 6.21. The number of rotatable bonds is 6. The lowest BCUT2D eigenvalue weighted by molar-refractivity contribution is -0.274. The molecule has 0 spiro atoms. The maximum atomic E-state index is 12.2. The molecule has 0 aliphatic rings. The Balaban J connectivity index is 1.96. The molecule has 1 heterocycles. The molecular weight excluding hydrogens is 307 g/mol. The molecule has 0 bridgehead atoms. The zero-order chi connectivity index (χ0) is 16.9. The lowest BCUT2D eigenvalue weighted by atomic mass is 10.2. The SMILES string of the molecule is CN(C)c1ncccc1CNCc1cccc(OC(F)(F)F)c1. The number of pyridine rings is 1. The summed E-state index contributed by atoms with van der Waals surface area (Å²) in [5.74, 6) is 0.640. The van der Waals surface area contributed by atoms with Gasteiger partial charge in [-0.05, 0) is 23.8 Å². The van der Waals surface area contributed by atoms with Crippen molar-refractivity contribution in [3.63, 3.8) is 0 Å². The minimum absolute atomic E-state index is 0.216. The van der Waals surface area contributed by atoms with E-state index in [0.717, 1.165) is 11.4 Å². The summed E-state index contributed by atoms with van der Waals surface area (Å²) < 4.78 is 40.6. The first kappa shape index (κ1) is 17.1. The molecular formula is C16H18F3N3O. The van der Waals surface area contributed by atoms with Gasteiger partial charge in [0.2, 0.25) is 0 Å². The molecule has 1 aromatic heterocycles. The molecule has 7 heteroatoms. The number of benzene rings is 1. The topological polar surface area (TPSA) is 37.4 Å². The molecule has 124 valence electrons. The second-order valence-corrected chi connectivity index (χ2v) is 5.18. The highest BCUT2D eigenvalue weighted by Gasteiger charge is 2.31. The predicted molar refractivity (Wildman–Crippen MR) is 82.2 cm³/mol. The van der Waals surface area contributed by atoms with Crippen molar-refractivity contribution in [2.75, 3.05) is 19.0 Å². The molecule has 0 aliphatic carbocycles. The maximum absolute atomic E-state index is 12.2. The van der Waals surface area contributed by atoms with Crippen LogP contribution in [-0.2, 0) is 13.1 Å². The largest absolute Gasteiger partial charge is 0.573 e. The highest BCUT2D eigenvalue weighted by molar-refractivity contribution is 5.45. The van der Waals surface area contributed by atoms with Gasteiger partial charge in [0, 0.05) is 38.9 Å². The summed E-state index contributed by atoms with van der Waals surface area (Å²) in [5, 5.41) is 3.20. The van der Waals surface area contributed by atoms with E-state index < -0.39 is 6.36 Å². The number of anilines is 1. The van der Waals surface area contributed by atoms with Gasteiger partial charge in [0.1, 0.15) is 11.6 Å². The monoisotopic (exact) mass is 325 g/mol. The van der Waals surface area contributed by atoms with Crippen LogP contribution in [0, 0.1) is 0 Å². The number of alkyl halides is 3. The second kappa shape index (κ2) is 7.32. The maximum Gasteiger partial charge on any atom is 0.573 e. The molecule has 0 saturated heterocycles. The Morgan fingerprint density at radius 2 is 1.91 bits per heavy atom. The molecule has 4 nitrogen and oxygen atoms in total. The van der Waals surface area contributed by atoms with Crippen LogP contribution in [0.5, 0.6) is 5.75 Å². The number of halogens is 3. The number of aromatic nitrogens is 1. The number of nitrogens with zero attached hydrogens (tertiary/aromatic N) is 2. The molecule has 2 rings (SSSR count). The molecule has 0 amide bonds. The summed E-state index contributed by atoms with van der Waals surface area (Å²) in [7, 11) is 3.81. The highest BCUT2D eigenvalue weighted by atomic mass is 19.4. The first-order chi connectivity index (χ1) is 10.8. The third-order valence-corrected chi connectivity index (χ3v) is 3.07. The van der Waals surface area contributed by atoms with Gasteiger partial charge in [-0.15, -0.1) is 13.2 Å². The minimum atomic E-state index is -4.68. The van der Waals surface area contributed by atoms with Crippen LogP contribution in [0.15, 0.2) is 42.6 Å². The van der Waals surface area contributed by atoms with Crippen LogP contribution in [0.1, 0.15) is 11.1 Å². The van der Waals surface area contributed by atoms with Crippen molar-refractivity contribution in [1.29, 1.82) is 0 Å². The van der Waals surface area contributed by atoms with Crippen LogP contribution in [0.3, 0.4) is 0 Å². The predicted octanol–water partition coefficient (Wildman–Crippen LogP) is 3.34. The van der Waals surface area contributed by atoms with E-state index in [1.54, 1.807) is 12.3 Å². The van der Waals surface area contributed by atoms with Gasteiger partial charge in [0.25, 0.3) is 0 Å². The summed E-state index contributed by atoms with van der Waals surface area (Å²) in [6.45, 7) is 0.989.